The fourth-order valence-electron chi connectivity index (χ4n) is 1.78. The number of rotatable bonds is 3. The van der Waals surface area contributed by atoms with Crippen molar-refractivity contribution in [1.82, 2.24) is 0 Å². The van der Waals surface area contributed by atoms with Gasteiger partial charge in [-0.2, -0.15) is 0 Å². The molecule has 1 atom stereocenters. The fraction of sp³-hybridized carbons (Fsp3) is 0.417. The summed E-state index contributed by atoms with van der Waals surface area (Å²) in [5, 5.41) is 0. The Balaban J connectivity index is 1.99. The van der Waals surface area contributed by atoms with E-state index in [1.807, 2.05) is 24.3 Å². The lowest BCUT2D eigenvalue weighted by atomic mass is 9.97. The summed E-state index contributed by atoms with van der Waals surface area (Å²) in [7, 11) is 0. The summed E-state index contributed by atoms with van der Waals surface area (Å²) >= 11 is 3.40. The third-order valence-electron chi connectivity index (χ3n) is 2.65. The van der Waals surface area contributed by atoms with Crippen LogP contribution in [0.2, 0.25) is 0 Å². The smallest absolute Gasteiger partial charge is 0.142 e. The number of carbonyl (C=O) groups excluding carboxylic acids is 1. The third-order valence-corrected chi connectivity index (χ3v) is 3.15. The minimum absolute atomic E-state index is 0.115. The summed E-state index contributed by atoms with van der Waals surface area (Å²) in [5.74, 6) is 0.412. The van der Waals surface area contributed by atoms with Gasteiger partial charge in [0.05, 0.1) is 6.61 Å². The van der Waals surface area contributed by atoms with Crippen LogP contribution in [0, 0.1) is 5.92 Å². The van der Waals surface area contributed by atoms with Crippen LogP contribution in [0.4, 0.5) is 0 Å². The summed E-state index contributed by atoms with van der Waals surface area (Å²) in [6.45, 7) is 1.34. The van der Waals surface area contributed by atoms with Crippen molar-refractivity contribution in [3.05, 3.63) is 34.3 Å². The van der Waals surface area contributed by atoms with E-state index >= 15 is 0 Å². The van der Waals surface area contributed by atoms with Gasteiger partial charge in [-0.15, -0.1) is 0 Å². The van der Waals surface area contributed by atoms with Crippen molar-refractivity contribution in [2.24, 2.45) is 5.92 Å². The first-order valence-electron chi connectivity index (χ1n) is 5.10. The molecule has 15 heavy (non-hydrogen) atoms. The van der Waals surface area contributed by atoms with E-state index < -0.39 is 0 Å². The van der Waals surface area contributed by atoms with Gasteiger partial charge in [0.15, 0.2) is 0 Å². The van der Waals surface area contributed by atoms with Crippen molar-refractivity contribution in [1.29, 1.82) is 0 Å². The molecule has 0 spiro atoms. The second-order valence-corrected chi connectivity index (χ2v) is 4.75. The predicted octanol–water partition coefficient (Wildman–Crippen LogP) is 2.60. The normalized spacial score (nSPS) is 20.5. The summed E-state index contributed by atoms with van der Waals surface area (Å²) in [4.78, 5) is 11.8. The van der Waals surface area contributed by atoms with Crippen LogP contribution in [-0.4, -0.2) is 19.0 Å². The Morgan fingerprint density at radius 1 is 1.53 bits per heavy atom. The predicted molar refractivity (Wildman–Crippen MR) is 61.8 cm³/mol. The van der Waals surface area contributed by atoms with Crippen molar-refractivity contribution < 1.29 is 9.53 Å². The van der Waals surface area contributed by atoms with Crippen LogP contribution in [0.15, 0.2) is 28.7 Å². The lowest BCUT2D eigenvalue weighted by Crippen LogP contribution is -2.16. The topological polar surface area (TPSA) is 26.3 Å². The molecule has 1 aromatic rings. The molecule has 0 amide bonds. The molecule has 1 fully saturated rings. The molecule has 0 bridgehead atoms. The zero-order valence-corrected chi connectivity index (χ0v) is 10.00. The average Bonchev–Trinajstić information content (AvgIpc) is 2.70. The monoisotopic (exact) mass is 268 g/mol. The van der Waals surface area contributed by atoms with Crippen molar-refractivity contribution in [2.75, 3.05) is 13.2 Å². The van der Waals surface area contributed by atoms with Crippen LogP contribution in [0.1, 0.15) is 12.0 Å². The molecular formula is C12H13BrO2. The van der Waals surface area contributed by atoms with E-state index in [2.05, 4.69) is 15.9 Å². The number of benzene rings is 1. The SMILES string of the molecule is O=C(Cc1cccc(Br)c1)C1CCOC1. The molecule has 0 N–H and O–H groups in total. The van der Waals surface area contributed by atoms with Crippen LogP contribution < -0.4 is 0 Å². The number of ether oxygens (including phenoxy) is 1. The van der Waals surface area contributed by atoms with Crippen molar-refractivity contribution in [3.8, 4) is 0 Å². The molecule has 2 nitrogen and oxygen atoms in total. The largest absolute Gasteiger partial charge is 0.381 e. The molecule has 2 rings (SSSR count). The minimum atomic E-state index is 0.115. The highest BCUT2D eigenvalue weighted by Crippen LogP contribution is 2.18. The molecule has 1 heterocycles. The first kappa shape index (κ1) is 10.8. The molecule has 0 saturated carbocycles. The van der Waals surface area contributed by atoms with Crippen LogP contribution in [0.3, 0.4) is 0 Å². The van der Waals surface area contributed by atoms with Gasteiger partial charge in [-0.1, -0.05) is 28.1 Å². The van der Waals surface area contributed by atoms with Crippen LogP contribution in [0.25, 0.3) is 0 Å². The zero-order valence-electron chi connectivity index (χ0n) is 8.41. The van der Waals surface area contributed by atoms with Crippen molar-refractivity contribution in [2.45, 2.75) is 12.8 Å². The number of Topliss-reactive ketones (excluding diaryl/α,β-unsaturated/α-hetero) is 1. The maximum atomic E-state index is 11.8. The van der Waals surface area contributed by atoms with Crippen molar-refractivity contribution >= 4 is 21.7 Å². The van der Waals surface area contributed by atoms with E-state index in [-0.39, 0.29) is 5.92 Å². The maximum absolute atomic E-state index is 11.8. The molecule has 80 valence electrons. The van der Waals surface area contributed by atoms with Gasteiger partial charge in [-0.3, -0.25) is 4.79 Å². The first-order chi connectivity index (χ1) is 7.25. The summed E-state index contributed by atoms with van der Waals surface area (Å²) in [6.07, 6.45) is 1.40. The molecular weight excluding hydrogens is 256 g/mol. The van der Waals surface area contributed by atoms with Gasteiger partial charge in [0.2, 0.25) is 0 Å². The molecule has 0 aliphatic carbocycles. The van der Waals surface area contributed by atoms with Gasteiger partial charge in [0.1, 0.15) is 5.78 Å². The molecule has 0 aromatic heterocycles. The number of ketones is 1. The van der Waals surface area contributed by atoms with Crippen LogP contribution >= 0.6 is 15.9 Å². The highest BCUT2D eigenvalue weighted by Gasteiger charge is 2.23. The van der Waals surface area contributed by atoms with E-state index in [0.717, 1.165) is 23.1 Å². The van der Waals surface area contributed by atoms with E-state index in [4.69, 9.17) is 4.74 Å². The Hall–Kier alpha value is -0.670. The second-order valence-electron chi connectivity index (χ2n) is 3.83. The van der Waals surface area contributed by atoms with E-state index in [0.29, 0.717) is 18.8 Å². The third kappa shape index (κ3) is 2.89. The molecule has 1 aliphatic heterocycles. The summed E-state index contributed by atoms with van der Waals surface area (Å²) in [6, 6.07) is 7.90. The summed E-state index contributed by atoms with van der Waals surface area (Å²) in [5.41, 5.74) is 1.07. The maximum Gasteiger partial charge on any atom is 0.142 e. The molecule has 1 aromatic carbocycles. The quantitative estimate of drug-likeness (QED) is 0.843. The van der Waals surface area contributed by atoms with Gasteiger partial charge in [0.25, 0.3) is 0 Å². The Morgan fingerprint density at radius 2 is 2.40 bits per heavy atom. The summed E-state index contributed by atoms with van der Waals surface area (Å²) < 4.78 is 6.23. The Bertz CT molecular complexity index is 356. The van der Waals surface area contributed by atoms with E-state index in [1.165, 1.54) is 0 Å². The van der Waals surface area contributed by atoms with Gasteiger partial charge in [-0.25, -0.2) is 0 Å². The molecule has 3 heteroatoms. The number of hydrogen-bond acceptors (Lipinski definition) is 2. The van der Waals surface area contributed by atoms with Gasteiger partial charge < -0.3 is 4.74 Å². The lowest BCUT2D eigenvalue weighted by molar-refractivity contribution is -0.122. The lowest BCUT2D eigenvalue weighted by Gasteiger charge is -2.06. The highest BCUT2D eigenvalue weighted by atomic mass is 79.9. The standard InChI is InChI=1S/C12H13BrO2/c13-11-3-1-2-9(6-11)7-12(14)10-4-5-15-8-10/h1-3,6,10H,4-5,7-8H2. The Kier molecular flexibility index (Phi) is 3.54. The molecule has 1 unspecified atom stereocenters. The Labute approximate surface area is 97.8 Å². The molecule has 0 radical (unpaired) electrons. The van der Waals surface area contributed by atoms with Gasteiger partial charge in [-0.05, 0) is 24.1 Å². The van der Waals surface area contributed by atoms with Gasteiger partial charge >= 0.3 is 0 Å². The highest BCUT2D eigenvalue weighted by molar-refractivity contribution is 9.10. The minimum Gasteiger partial charge on any atom is -0.381 e. The second kappa shape index (κ2) is 4.90. The van der Waals surface area contributed by atoms with Crippen LogP contribution in [0.5, 0.6) is 0 Å². The van der Waals surface area contributed by atoms with Gasteiger partial charge in [0, 0.05) is 23.4 Å². The zero-order chi connectivity index (χ0) is 10.7. The van der Waals surface area contributed by atoms with E-state index in [9.17, 15) is 4.79 Å². The number of hydrogen-bond donors (Lipinski definition) is 0. The fourth-order valence-corrected chi connectivity index (χ4v) is 2.23. The molecule has 1 aliphatic rings. The van der Waals surface area contributed by atoms with E-state index in [1.54, 1.807) is 0 Å². The average molecular weight is 269 g/mol. The Morgan fingerprint density at radius 3 is 3.07 bits per heavy atom. The number of carbonyl (C=O) groups is 1. The molecule has 1 saturated heterocycles. The number of halogens is 1. The first-order valence-corrected chi connectivity index (χ1v) is 5.90. The van der Waals surface area contributed by atoms with Crippen LogP contribution in [-0.2, 0) is 16.0 Å². The van der Waals surface area contributed by atoms with Crippen molar-refractivity contribution in [3.63, 3.8) is 0 Å².